The molecule has 1 aliphatic heterocycles. The van der Waals surface area contributed by atoms with E-state index in [-0.39, 0.29) is 20.2 Å². The van der Waals surface area contributed by atoms with E-state index in [1.54, 1.807) is 37.1 Å². The molecule has 1 heterocycles. The minimum Gasteiger partial charge on any atom is -0.206 e. The van der Waals surface area contributed by atoms with Crippen LogP contribution in [0.5, 0.6) is 0 Å². The summed E-state index contributed by atoms with van der Waals surface area (Å²) >= 11 is 0. The molecule has 1 aromatic rings. The largest absolute Gasteiger partial charge is 0.206 e. The Hall–Kier alpha value is -1.14. The van der Waals surface area contributed by atoms with E-state index in [9.17, 15) is 4.39 Å². The number of aryl methyl sites for hydroxylation is 1. The molecule has 148 valence electrons. The van der Waals surface area contributed by atoms with E-state index < -0.39 is 0 Å². The predicted molar refractivity (Wildman–Crippen MR) is 114 cm³/mol. The second-order valence-electron chi connectivity index (χ2n) is 9.14. The zero-order valence-electron chi connectivity index (χ0n) is 17.1. The van der Waals surface area contributed by atoms with Crippen molar-refractivity contribution in [2.75, 3.05) is 0 Å². The van der Waals surface area contributed by atoms with Crippen molar-refractivity contribution in [1.82, 2.24) is 0 Å². The zero-order chi connectivity index (χ0) is 19.1. The highest BCUT2D eigenvalue weighted by Crippen LogP contribution is 2.41. The van der Waals surface area contributed by atoms with E-state index in [1.807, 2.05) is 12.1 Å². The minimum absolute atomic E-state index is 0.154. The normalized spacial score (nSPS) is 28.6. The summed E-state index contributed by atoms with van der Waals surface area (Å²) in [6, 6.07) is 11.7. The van der Waals surface area contributed by atoms with Crippen LogP contribution in [0.1, 0.15) is 75.8 Å². The van der Waals surface area contributed by atoms with Crippen molar-refractivity contribution in [1.29, 1.82) is 5.26 Å². The molecule has 1 nitrogen and oxygen atoms in total. The third-order valence-electron chi connectivity index (χ3n) is 7.51. The lowest BCUT2D eigenvalue weighted by Crippen LogP contribution is -2.28. The van der Waals surface area contributed by atoms with Gasteiger partial charge in [0.25, 0.3) is 0 Å². The van der Waals surface area contributed by atoms with Gasteiger partial charge in [-0.3, -0.25) is 0 Å². The zero-order valence-corrected chi connectivity index (χ0v) is 18.2. The molecule has 0 aromatic heterocycles. The van der Waals surface area contributed by atoms with Crippen molar-refractivity contribution in [2.24, 2.45) is 17.8 Å². The Morgan fingerprint density at radius 3 is 2.37 bits per heavy atom. The lowest BCUT2D eigenvalue weighted by atomic mass is 9.73. The van der Waals surface area contributed by atoms with Gasteiger partial charge in [0, 0.05) is 8.80 Å². The molecule has 0 spiro atoms. The van der Waals surface area contributed by atoms with Gasteiger partial charge in [-0.15, -0.1) is 0 Å². The molecule has 0 unspecified atom stereocenters. The lowest BCUT2D eigenvalue weighted by Gasteiger charge is -2.37. The van der Waals surface area contributed by atoms with Crippen LogP contribution in [0.2, 0.25) is 18.1 Å². The van der Waals surface area contributed by atoms with E-state index in [4.69, 9.17) is 5.26 Å². The van der Waals surface area contributed by atoms with Crippen LogP contribution in [0.25, 0.3) is 0 Å². The number of unbranched alkanes of at least 4 members (excludes halogenated alkanes) is 1. The highest BCUT2D eigenvalue weighted by molar-refractivity contribution is 6.58. The fourth-order valence-electron chi connectivity index (χ4n) is 5.58. The highest BCUT2D eigenvalue weighted by Gasteiger charge is 2.30. The van der Waals surface area contributed by atoms with E-state index in [1.165, 1.54) is 44.6 Å². The number of nitriles is 1. The molecule has 3 rings (SSSR count). The Morgan fingerprint density at radius 1 is 1.04 bits per heavy atom. The molecule has 2 fully saturated rings. The summed E-state index contributed by atoms with van der Waals surface area (Å²) in [7, 11) is -0.303. The maximum absolute atomic E-state index is 13.7. The first-order chi connectivity index (χ1) is 13.2. The number of rotatable bonds is 7. The van der Waals surface area contributed by atoms with Crippen LogP contribution >= 0.6 is 0 Å². The molecule has 27 heavy (non-hydrogen) atoms. The van der Waals surface area contributed by atoms with E-state index in [2.05, 4.69) is 6.92 Å². The van der Waals surface area contributed by atoms with Gasteiger partial charge in [0.05, 0.1) is 5.56 Å². The van der Waals surface area contributed by atoms with Gasteiger partial charge in [0.15, 0.2) is 0 Å². The summed E-state index contributed by atoms with van der Waals surface area (Å²) in [4.78, 5) is 0. The molecular weight excluding hydrogens is 349 g/mol. The van der Waals surface area contributed by atoms with Crippen LogP contribution in [0.4, 0.5) is 4.39 Å². The first-order valence-electron chi connectivity index (χ1n) is 11.4. The third kappa shape index (κ3) is 5.91. The molecule has 1 saturated heterocycles. The van der Waals surface area contributed by atoms with Crippen LogP contribution in [-0.2, 0) is 6.42 Å². The summed E-state index contributed by atoms with van der Waals surface area (Å²) in [6.45, 7) is 2.42. The smallest absolute Gasteiger partial charge is 0.141 e. The SMILES string of the molecule is CC[SiH]1CCC([C@H]2CC[C@H](CCCCc3ccc(C#N)c(F)c3)CC2)CC1. The Bertz CT molecular complexity index is 622. The molecule has 0 radical (unpaired) electrons. The average molecular weight is 386 g/mol. The summed E-state index contributed by atoms with van der Waals surface area (Å²) in [5.41, 5.74) is 1.18. The fourth-order valence-corrected chi connectivity index (χ4v) is 8.49. The monoisotopic (exact) mass is 385 g/mol. The molecule has 3 heteroatoms. The van der Waals surface area contributed by atoms with Crippen LogP contribution in [0, 0.1) is 34.9 Å². The Labute approximate surface area is 167 Å². The summed E-state index contributed by atoms with van der Waals surface area (Å²) in [5.74, 6) is 2.66. The Kier molecular flexibility index (Phi) is 7.94. The average Bonchev–Trinajstić information content (AvgIpc) is 2.72. The quantitative estimate of drug-likeness (QED) is 0.371. The number of halogens is 1. The molecule has 1 saturated carbocycles. The van der Waals surface area contributed by atoms with Crippen molar-refractivity contribution in [2.45, 2.75) is 89.3 Å². The number of hydrogen-bond acceptors (Lipinski definition) is 1. The van der Waals surface area contributed by atoms with Crippen LogP contribution in [0.3, 0.4) is 0 Å². The van der Waals surface area contributed by atoms with Gasteiger partial charge in [-0.1, -0.05) is 69.6 Å². The summed E-state index contributed by atoms with van der Waals surface area (Å²) in [6.07, 6.45) is 13.6. The van der Waals surface area contributed by atoms with Gasteiger partial charge in [-0.05, 0) is 61.1 Å². The van der Waals surface area contributed by atoms with Crippen molar-refractivity contribution in [3.8, 4) is 6.07 Å². The van der Waals surface area contributed by atoms with Crippen LogP contribution in [0.15, 0.2) is 18.2 Å². The van der Waals surface area contributed by atoms with Crippen molar-refractivity contribution >= 4 is 8.80 Å². The molecule has 0 atom stereocenters. The molecule has 2 aliphatic rings. The maximum atomic E-state index is 13.7. The minimum atomic E-state index is -0.371. The number of nitrogens with zero attached hydrogens (tertiary/aromatic N) is 1. The van der Waals surface area contributed by atoms with Crippen molar-refractivity contribution < 1.29 is 4.39 Å². The maximum Gasteiger partial charge on any atom is 0.141 e. The highest BCUT2D eigenvalue weighted by atomic mass is 28.3. The molecule has 0 amide bonds. The van der Waals surface area contributed by atoms with E-state index >= 15 is 0 Å². The van der Waals surface area contributed by atoms with Gasteiger partial charge in [0.1, 0.15) is 11.9 Å². The van der Waals surface area contributed by atoms with E-state index in [0.29, 0.717) is 0 Å². The van der Waals surface area contributed by atoms with Gasteiger partial charge in [0.2, 0.25) is 0 Å². The van der Waals surface area contributed by atoms with E-state index in [0.717, 1.165) is 36.2 Å². The Balaban J connectivity index is 1.31. The van der Waals surface area contributed by atoms with Crippen molar-refractivity contribution in [3.05, 3.63) is 35.1 Å². The number of benzene rings is 1. The Morgan fingerprint density at radius 2 is 1.74 bits per heavy atom. The van der Waals surface area contributed by atoms with Crippen LogP contribution in [-0.4, -0.2) is 8.80 Å². The van der Waals surface area contributed by atoms with Gasteiger partial charge in [-0.2, -0.15) is 5.26 Å². The second kappa shape index (κ2) is 10.4. The topological polar surface area (TPSA) is 23.8 Å². The van der Waals surface area contributed by atoms with Crippen LogP contribution < -0.4 is 0 Å². The lowest BCUT2D eigenvalue weighted by molar-refractivity contribution is 0.184. The standard InChI is InChI=1S/C24H36FNSi/c1-2-27-15-13-22(14-16-27)21-10-7-19(8-11-21)5-3-4-6-20-9-12-23(18-26)24(25)17-20/h9,12,17,19,21-22,27H,2-8,10-11,13-16H2,1H3/t19-,21-,22?,27?. The van der Waals surface area contributed by atoms with Gasteiger partial charge < -0.3 is 0 Å². The second-order valence-corrected chi connectivity index (χ2v) is 12.8. The van der Waals surface area contributed by atoms with Gasteiger partial charge >= 0.3 is 0 Å². The molecule has 0 bridgehead atoms. The molecule has 1 aromatic carbocycles. The molecule has 0 N–H and O–H groups in total. The summed E-state index contributed by atoms with van der Waals surface area (Å²) in [5, 5.41) is 8.80. The molecule has 1 aliphatic carbocycles. The first-order valence-corrected chi connectivity index (χ1v) is 13.8. The number of hydrogen-bond donors (Lipinski definition) is 0. The predicted octanol–water partition coefficient (Wildman–Crippen LogP) is 6.87. The van der Waals surface area contributed by atoms with Gasteiger partial charge in [-0.25, -0.2) is 4.39 Å². The van der Waals surface area contributed by atoms with Crippen molar-refractivity contribution in [3.63, 3.8) is 0 Å². The third-order valence-corrected chi connectivity index (χ3v) is 11.0. The molecular formula is C24H36FNSi. The fraction of sp³-hybridized carbons (Fsp3) is 0.708. The first kappa shape index (κ1) is 20.6. The summed E-state index contributed by atoms with van der Waals surface area (Å²) < 4.78 is 13.7.